The van der Waals surface area contributed by atoms with Gasteiger partial charge >= 0.3 is 0 Å². The van der Waals surface area contributed by atoms with Gasteiger partial charge in [0.2, 0.25) is 0 Å². The van der Waals surface area contributed by atoms with Gasteiger partial charge in [-0.2, -0.15) is 0 Å². The Hall–Kier alpha value is -0.870. The minimum atomic E-state index is -0.955. The van der Waals surface area contributed by atoms with E-state index in [1.807, 2.05) is 12.2 Å². The van der Waals surface area contributed by atoms with E-state index in [0.29, 0.717) is 0 Å². The van der Waals surface area contributed by atoms with E-state index in [0.717, 1.165) is 19.6 Å². The van der Waals surface area contributed by atoms with Gasteiger partial charge in [0.25, 0.3) is 0 Å². The van der Waals surface area contributed by atoms with Crippen LogP contribution in [0.1, 0.15) is 26.7 Å². The van der Waals surface area contributed by atoms with Crippen molar-refractivity contribution in [3.8, 4) is 0 Å². The Morgan fingerprint density at radius 2 is 1.89 bits per heavy atom. The topological polar surface area (TPSA) is 52.6 Å². The number of hydrogen-bond acceptors (Lipinski definition) is 4. The second-order valence-corrected chi connectivity index (χ2v) is 5.32. The highest BCUT2D eigenvalue weighted by molar-refractivity contribution is 5.70. The Labute approximate surface area is 109 Å². The lowest BCUT2D eigenvalue weighted by molar-refractivity contribution is -0.313. The summed E-state index contributed by atoms with van der Waals surface area (Å²) in [5.41, 5.74) is 0. The van der Waals surface area contributed by atoms with Gasteiger partial charge in [0.05, 0.1) is 12.2 Å². The molecule has 0 aromatic carbocycles. The molecule has 18 heavy (non-hydrogen) atoms. The second kappa shape index (κ2) is 5.41. The van der Waals surface area contributed by atoms with Crippen LogP contribution in [0.4, 0.5) is 0 Å². The quantitative estimate of drug-likeness (QED) is 0.683. The van der Waals surface area contributed by atoms with Crippen molar-refractivity contribution in [1.29, 1.82) is 0 Å². The van der Waals surface area contributed by atoms with Crippen LogP contribution in [-0.4, -0.2) is 42.7 Å². The van der Waals surface area contributed by atoms with Gasteiger partial charge < -0.3 is 19.5 Å². The average Bonchev–Trinajstić information content (AvgIpc) is 2.90. The first-order valence-corrected chi connectivity index (χ1v) is 6.53. The van der Waals surface area contributed by atoms with E-state index in [-0.39, 0.29) is 25.6 Å². The summed E-state index contributed by atoms with van der Waals surface area (Å²) in [5, 5.41) is 11.2. The standard InChI is InChI=1S/C13H19NO3.CH4/c15-13(16)12-9(10-4-5-11(12)17-10)8-14-6-2-1-3-7-14;/h4-5,9-12H,1-3,6-8H2,(H,15,16);1H4/p-1/t9?,10-,11+,12?;/m0./s1. The number of fused-ring (bicyclic) bond motifs is 2. The van der Waals surface area contributed by atoms with Crippen LogP contribution >= 0.6 is 0 Å². The van der Waals surface area contributed by atoms with Gasteiger partial charge in [0.1, 0.15) is 0 Å². The smallest absolute Gasteiger partial charge is 0.0849 e. The molecule has 3 aliphatic heterocycles. The maximum Gasteiger partial charge on any atom is 0.0849 e. The molecule has 3 aliphatic rings. The molecule has 2 bridgehead atoms. The number of nitrogens with zero attached hydrogens (tertiary/aromatic N) is 1. The average molecular weight is 252 g/mol. The second-order valence-electron chi connectivity index (χ2n) is 5.32. The SMILES string of the molecule is C.O=C([O-])C1C(CN2CCCCC2)[C@@H]2C=C[C@H]1O2. The van der Waals surface area contributed by atoms with Gasteiger partial charge in [-0.05, 0) is 25.9 Å². The fraction of sp³-hybridized carbons (Fsp3) is 0.786. The molecular weight excluding hydrogens is 230 g/mol. The highest BCUT2D eigenvalue weighted by Gasteiger charge is 2.46. The Kier molecular flexibility index (Phi) is 4.07. The summed E-state index contributed by atoms with van der Waals surface area (Å²) in [5.74, 6) is -1.33. The van der Waals surface area contributed by atoms with Crippen molar-refractivity contribution in [2.45, 2.75) is 38.9 Å². The third-order valence-corrected chi connectivity index (χ3v) is 4.23. The van der Waals surface area contributed by atoms with E-state index in [9.17, 15) is 9.90 Å². The Morgan fingerprint density at radius 1 is 1.22 bits per heavy atom. The predicted octanol–water partition coefficient (Wildman–Crippen LogP) is 0.428. The summed E-state index contributed by atoms with van der Waals surface area (Å²) < 4.78 is 5.64. The van der Waals surface area contributed by atoms with Crippen LogP contribution in [0.25, 0.3) is 0 Å². The molecule has 102 valence electrons. The molecule has 3 heterocycles. The number of carbonyl (C=O) groups is 1. The molecule has 0 N–H and O–H groups in total. The van der Waals surface area contributed by atoms with Crippen LogP contribution in [0.2, 0.25) is 0 Å². The molecule has 0 saturated carbocycles. The van der Waals surface area contributed by atoms with E-state index < -0.39 is 11.9 Å². The Bertz CT molecular complexity index is 336. The van der Waals surface area contributed by atoms with Gasteiger partial charge in [-0.25, -0.2) is 0 Å². The Morgan fingerprint density at radius 3 is 2.56 bits per heavy atom. The van der Waals surface area contributed by atoms with E-state index in [4.69, 9.17) is 4.74 Å². The number of carbonyl (C=O) groups excluding carboxylic acids is 1. The van der Waals surface area contributed by atoms with Crippen molar-refractivity contribution >= 4 is 5.97 Å². The van der Waals surface area contributed by atoms with Crippen molar-refractivity contribution in [3.63, 3.8) is 0 Å². The van der Waals surface area contributed by atoms with E-state index in [1.54, 1.807) is 0 Å². The predicted molar refractivity (Wildman–Crippen MR) is 66.8 cm³/mol. The van der Waals surface area contributed by atoms with Crippen LogP contribution in [0, 0.1) is 11.8 Å². The molecule has 2 saturated heterocycles. The van der Waals surface area contributed by atoms with Crippen molar-refractivity contribution in [2.24, 2.45) is 11.8 Å². The fourth-order valence-electron chi connectivity index (χ4n) is 3.35. The zero-order chi connectivity index (χ0) is 11.8. The molecule has 2 unspecified atom stereocenters. The number of likely N-dealkylation sites (tertiary alicyclic amines) is 1. The van der Waals surface area contributed by atoms with Gasteiger partial charge in [-0.15, -0.1) is 0 Å². The number of hydrogen-bond donors (Lipinski definition) is 0. The van der Waals surface area contributed by atoms with E-state index >= 15 is 0 Å². The van der Waals surface area contributed by atoms with Gasteiger partial charge in [0, 0.05) is 24.3 Å². The number of carboxylic acids is 1. The molecule has 4 heteroatoms. The molecule has 0 amide bonds. The zero-order valence-electron chi connectivity index (χ0n) is 9.88. The van der Waals surface area contributed by atoms with Crippen molar-refractivity contribution in [3.05, 3.63) is 12.2 Å². The van der Waals surface area contributed by atoms with Crippen LogP contribution in [-0.2, 0) is 9.53 Å². The normalized spacial score (nSPS) is 38.7. The zero-order valence-corrected chi connectivity index (χ0v) is 9.88. The molecular formula is C14H22NO3-. The summed E-state index contributed by atoms with van der Waals surface area (Å²) in [6, 6.07) is 0. The lowest BCUT2D eigenvalue weighted by Gasteiger charge is -2.33. The molecule has 0 aromatic rings. The van der Waals surface area contributed by atoms with Crippen molar-refractivity contribution < 1.29 is 14.6 Å². The minimum absolute atomic E-state index is 0. The van der Waals surface area contributed by atoms with Crippen LogP contribution in [0.5, 0.6) is 0 Å². The van der Waals surface area contributed by atoms with Crippen molar-refractivity contribution in [1.82, 2.24) is 4.90 Å². The maximum absolute atomic E-state index is 11.2. The maximum atomic E-state index is 11.2. The third kappa shape index (κ3) is 2.31. The lowest BCUT2D eigenvalue weighted by Crippen LogP contribution is -2.45. The first-order chi connectivity index (χ1) is 8.25. The molecule has 2 fully saturated rings. The van der Waals surface area contributed by atoms with E-state index in [1.165, 1.54) is 19.3 Å². The monoisotopic (exact) mass is 252 g/mol. The molecule has 4 nitrogen and oxygen atoms in total. The van der Waals surface area contributed by atoms with Gasteiger partial charge in [0.15, 0.2) is 0 Å². The largest absolute Gasteiger partial charge is 0.550 e. The lowest BCUT2D eigenvalue weighted by atomic mass is 9.82. The Balaban J connectivity index is 0.00000120. The molecule has 0 spiro atoms. The summed E-state index contributed by atoms with van der Waals surface area (Å²) in [6.07, 6.45) is 7.38. The number of piperidine rings is 1. The minimum Gasteiger partial charge on any atom is -0.550 e. The number of aliphatic carboxylic acids is 1. The van der Waals surface area contributed by atoms with Gasteiger partial charge in [-0.1, -0.05) is 26.0 Å². The van der Waals surface area contributed by atoms with Crippen LogP contribution < -0.4 is 5.11 Å². The van der Waals surface area contributed by atoms with Gasteiger partial charge in [-0.3, -0.25) is 0 Å². The van der Waals surface area contributed by atoms with Crippen LogP contribution in [0.3, 0.4) is 0 Å². The van der Waals surface area contributed by atoms with Crippen LogP contribution in [0.15, 0.2) is 12.2 Å². The number of rotatable bonds is 3. The fourth-order valence-corrected chi connectivity index (χ4v) is 3.35. The summed E-state index contributed by atoms with van der Waals surface area (Å²) in [7, 11) is 0. The molecule has 0 radical (unpaired) electrons. The summed E-state index contributed by atoms with van der Waals surface area (Å²) in [6.45, 7) is 3.03. The van der Waals surface area contributed by atoms with Crippen molar-refractivity contribution in [2.75, 3.05) is 19.6 Å². The first kappa shape index (κ1) is 13.6. The molecule has 4 atom stereocenters. The summed E-state index contributed by atoms with van der Waals surface area (Å²) in [4.78, 5) is 13.6. The van der Waals surface area contributed by atoms with E-state index in [2.05, 4.69) is 4.90 Å². The molecule has 0 aromatic heterocycles. The molecule has 3 rings (SSSR count). The highest BCUT2D eigenvalue weighted by Crippen LogP contribution is 2.39. The first-order valence-electron chi connectivity index (χ1n) is 6.53. The summed E-state index contributed by atoms with van der Waals surface area (Å²) >= 11 is 0. The third-order valence-electron chi connectivity index (χ3n) is 4.23. The number of carboxylic acid groups (broad SMARTS) is 1. The number of ether oxygens (including phenoxy) is 1. The highest BCUT2D eigenvalue weighted by atomic mass is 16.5. The molecule has 0 aliphatic carbocycles.